The Labute approximate surface area is 100 Å². The number of rotatable bonds is 2. The van der Waals surface area contributed by atoms with Crippen molar-refractivity contribution in [1.82, 2.24) is 0 Å². The van der Waals surface area contributed by atoms with E-state index in [2.05, 4.69) is 0 Å². The number of carbonyl (C=O) groups excluding carboxylic acids is 1. The van der Waals surface area contributed by atoms with Gasteiger partial charge in [-0.25, -0.2) is 0 Å². The van der Waals surface area contributed by atoms with Crippen molar-refractivity contribution in [2.45, 2.75) is 37.7 Å². The van der Waals surface area contributed by atoms with E-state index >= 15 is 0 Å². The number of carbonyl (C=O) groups is 1. The van der Waals surface area contributed by atoms with Gasteiger partial charge in [-0.3, -0.25) is 4.79 Å². The molecule has 0 heterocycles. The van der Waals surface area contributed by atoms with Gasteiger partial charge in [0.1, 0.15) is 5.60 Å². The highest BCUT2D eigenvalue weighted by molar-refractivity contribution is 6.34. The zero-order valence-corrected chi connectivity index (χ0v) is 9.83. The average molecular weight is 239 g/mol. The third-order valence-corrected chi connectivity index (χ3v) is 3.55. The molecule has 1 fully saturated rings. The summed E-state index contributed by atoms with van der Waals surface area (Å²) in [5.41, 5.74) is -0.753. The van der Waals surface area contributed by atoms with Gasteiger partial charge in [-0.15, -0.1) is 0 Å². The van der Waals surface area contributed by atoms with E-state index in [0.29, 0.717) is 23.4 Å². The Morgan fingerprint density at radius 1 is 1.19 bits per heavy atom. The molecule has 1 N–H and O–H groups in total. The summed E-state index contributed by atoms with van der Waals surface area (Å²) < 4.78 is 0. The number of ketones is 1. The molecule has 0 aliphatic heterocycles. The van der Waals surface area contributed by atoms with Crippen molar-refractivity contribution in [2.24, 2.45) is 0 Å². The first kappa shape index (κ1) is 11.6. The molecule has 0 unspecified atom stereocenters. The highest BCUT2D eigenvalue weighted by atomic mass is 35.5. The lowest BCUT2D eigenvalue weighted by Gasteiger charge is -2.30. The highest BCUT2D eigenvalue weighted by Crippen LogP contribution is 2.32. The molecule has 0 saturated heterocycles. The van der Waals surface area contributed by atoms with E-state index in [9.17, 15) is 9.90 Å². The molecule has 0 atom stereocenters. The predicted octanol–water partition coefficient (Wildman–Crippen LogP) is 3.22. The van der Waals surface area contributed by atoms with Crippen LogP contribution >= 0.6 is 11.6 Å². The minimum absolute atomic E-state index is 0.224. The van der Waals surface area contributed by atoms with Crippen LogP contribution in [0.4, 0.5) is 0 Å². The Hall–Kier alpha value is -0.860. The van der Waals surface area contributed by atoms with Crippen molar-refractivity contribution in [3.8, 4) is 0 Å². The molecule has 0 amide bonds. The molecule has 1 aliphatic carbocycles. The fourth-order valence-corrected chi connectivity index (χ4v) is 2.48. The maximum Gasteiger partial charge on any atom is 0.195 e. The highest BCUT2D eigenvalue weighted by Gasteiger charge is 2.38. The smallest absolute Gasteiger partial charge is 0.195 e. The number of aliphatic hydroxyl groups is 1. The monoisotopic (exact) mass is 238 g/mol. The van der Waals surface area contributed by atoms with E-state index in [1.165, 1.54) is 0 Å². The molecule has 0 spiro atoms. The standard InChI is InChI=1S/C13H15ClO2/c14-11-7-3-2-6-10(11)12(15)13(16)8-4-1-5-9-13/h2-3,6-7,16H,1,4-5,8-9H2. The SMILES string of the molecule is O=C(c1ccccc1Cl)C1(O)CCCCC1. The van der Waals surface area contributed by atoms with Crippen molar-refractivity contribution < 1.29 is 9.90 Å². The molecule has 1 aliphatic rings. The number of Topliss-reactive ketones (excluding diaryl/α,β-unsaturated/α-hetero) is 1. The number of halogens is 1. The fourth-order valence-electron chi connectivity index (χ4n) is 2.26. The third kappa shape index (κ3) is 2.13. The van der Waals surface area contributed by atoms with Crippen LogP contribution in [0.25, 0.3) is 0 Å². The Kier molecular flexibility index (Phi) is 3.31. The van der Waals surface area contributed by atoms with E-state index in [4.69, 9.17) is 11.6 Å². The minimum atomic E-state index is -1.19. The first-order valence-electron chi connectivity index (χ1n) is 5.65. The maximum atomic E-state index is 12.2. The molecule has 2 rings (SSSR count). The molecule has 0 bridgehead atoms. The van der Waals surface area contributed by atoms with Gasteiger partial charge in [0.15, 0.2) is 5.78 Å². The van der Waals surface area contributed by atoms with Crippen molar-refractivity contribution >= 4 is 17.4 Å². The zero-order chi connectivity index (χ0) is 11.6. The quantitative estimate of drug-likeness (QED) is 0.804. The van der Waals surface area contributed by atoms with Crippen LogP contribution in [0, 0.1) is 0 Å². The van der Waals surface area contributed by atoms with Gasteiger partial charge in [-0.1, -0.05) is 43.0 Å². The van der Waals surface area contributed by atoms with Gasteiger partial charge in [-0.05, 0) is 25.0 Å². The summed E-state index contributed by atoms with van der Waals surface area (Å²) in [5.74, 6) is -0.224. The minimum Gasteiger partial charge on any atom is -0.382 e. The van der Waals surface area contributed by atoms with E-state index in [-0.39, 0.29) is 5.78 Å². The normalized spacial score (nSPS) is 19.4. The molecule has 1 aromatic rings. The number of benzene rings is 1. The summed E-state index contributed by atoms with van der Waals surface area (Å²) in [6.07, 6.45) is 4.02. The molecular formula is C13H15ClO2. The van der Waals surface area contributed by atoms with Crippen molar-refractivity contribution in [2.75, 3.05) is 0 Å². The fraction of sp³-hybridized carbons (Fsp3) is 0.462. The lowest BCUT2D eigenvalue weighted by molar-refractivity contribution is 0.0116. The van der Waals surface area contributed by atoms with Gasteiger partial charge in [-0.2, -0.15) is 0 Å². The summed E-state index contributed by atoms with van der Waals surface area (Å²) in [6, 6.07) is 6.91. The Morgan fingerprint density at radius 3 is 2.44 bits per heavy atom. The van der Waals surface area contributed by atoms with E-state index in [0.717, 1.165) is 19.3 Å². The second-order valence-corrected chi connectivity index (χ2v) is 4.81. The van der Waals surface area contributed by atoms with Gasteiger partial charge in [0.05, 0.1) is 5.02 Å². The Balaban J connectivity index is 2.28. The molecule has 1 saturated carbocycles. The van der Waals surface area contributed by atoms with Crippen LogP contribution in [0.2, 0.25) is 5.02 Å². The molecule has 3 heteroatoms. The molecule has 1 aromatic carbocycles. The summed E-state index contributed by atoms with van der Waals surface area (Å²) in [6.45, 7) is 0. The van der Waals surface area contributed by atoms with Crippen LogP contribution in [0.15, 0.2) is 24.3 Å². The zero-order valence-electron chi connectivity index (χ0n) is 9.08. The Morgan fingerprint density at radius 2 is 1.81 bits per heavy atom. The summed E-state index contributed by atoms with van der Waals surface area (Å²) in [4.78, 5) is 12.2. The van der Waals surface area contributed by atoms with Gasteiger partial charge in [0.2, 0.25) is 0 Å². The van der Waals surface area contributed by atoms with E-state index < -0.39 is 5.60 Å². The van der Waals surface area contributed by atoms with Crippen LogP contribution < -0.4 is 0 Å². The lowest BCUT2D eigenvalue weighted by Crippen LogP contribution is -2.40. The molecule has 16 heavy (non-hydrogen) atoms. The van der Waals surface area contributed by atoms with Crippen LogP contribution in [0.3, 0.4) is 0 Å². The van der Waals surface area contributed by atoms with Gasteiger partial charge >= 0.3 is 0 Å². The Bertz CT molecular complexity index is 395. The maximum absolute atomic E-state index is 12.2. The average Bonchev–Trinajstić information content (AvgIpc) is 2.30. The molecular weight excluding hydrogens is 224 g/mol. The van der Waals surface area contributed by atoms with Crippen LogP contribution in [0.5, 0.6) is 0 Å². The lowest BCUT2D eigenvalue weighted by atomic mass is 9.79. The van der Waals surface area contributed by atoms with Crippen molar-refractivity contribution in [3.05, 3.63) is 34.9 Å². The summed E-state index contributed by atoms with van der Waals surface area (Å²) in [7, 11) is 0. The topological polar surface area (TPSA) is 37.3 Å². The molecule has 86 valence electrons. The van der Waals surface area contributed by atoms with Gasteiger partial charge < -0.3 is 5.11 Å². The van der Waals surface area contributed by atoms with E-state index in [1.54, 1.807) is 24.3 Å². The van der Waals surface area contributed by atoms with Crippen LogP contribution in [-0.2, 0) is 0 Å². The van der Waals surface area contributed by atoms with Gasteiger partial charge in [0.25, 0.3) is 0 Å². The summed E-state index contributed by atoms with van der Waals surface area (Å²) >= 11 is 5.97. The largest absolute Gasteiger partial charge is 0.382 e. The first-order valence-corrected chi connectivity index (χ1v) is 6.03. The van der Waals surface area contributed by atoms with Crippen molar-refractivity contribution in [3.63, 3.8) is 0 Å². The van der Waals surface area contributed by atoms with Crippen molar-refractivity contribution in [1.29, 1.82) is 0 Å². The first-order chi connectivity index (χ1) is 7.63. The summed E-state index contributed by atoms with van der Waals surface area (Å²) in [5, 5.41) is 10.7. The second-order valence-electron chi connectivity index (χ2n) is 4.40. The molecule has 0 radical (unpaired) electrons. The van der Waals surface area contributed by atoms with E-state index in [1.807, 2.05) is 0 Å². The predicted molar refractivity (Wildman–Crippen MR) is 63.8 cm³/mol. The number of hydrogen-bond donors (Lipinski definition) is 1. The second kappa shape index (κ2) is 4.56. The number of hydrogen-bond acceptors (Lipinski definition) is 2. The molecule has 0 aromatic heterocycles. The van der Waals surface area contributed by atoms with Gasteiger partial charge in [0, 0.05) is 5.56 Å². The molecule has 2 nitrogen and oxygen atoms in total. The van der Waals surface area contributed by atoms with Crippen LogP contribution in [0.1, 0.15) is 42.5 Å². The van der Waals surface area contributed by atoms with Crippen LogP contribution in [-0.4, -0.2) is 16.5 Å². The third-order valence-electron chi connectivity index (χ3n) is 3.22.